The second kappa shape index (κ2) is 3.15. The Labute approximate surface area is 81.6 Å². The Hall–Kier alpha value is -0.820. The van der Waals surface area contributed by atoms with E-state index in [2.05, 4.69) is 54.0 Å². The van der Waals surface area contributed by atoms with Gasteiger partial charge in [-0.2, -0.15) is 0 Å². The van der Waals surface area contributed by atoms with E-state index in [-0.39, 0.29) is 0 Å². The van der Waals surface area contributed by atoms with Gasteiger partial charge in [-0.1, -0.05) is 17.7 Å². The number of hydrogen-bond acceptors (Lipinski definition) is 0. The van der Waals surface area contributed by atoms with E-state index in [0.29, 0.717) is 0 Å². The van der Waals surface area contributed by atoms with Crippen molar-refractivity contribution in [1.29, 1.82) is 0 Å². The van der Waals surface area contributed by atoms with E-state index < -0.39 is 0 Å². The molecule has 0 aromatic heterocycles. The Kier molecular flexibility index (Phi) is 2.49. The van der Waals surface area contributed by atoms with Crippen LogP contribution < -0.4 is 4.48 Å². The van der Waals surface area contributed by atoms with Crippen LogP contribution in [0.4, 0.5) is 5.69 Å². The first-order valence-electron chi connectivity index (χ1n) is 4.72. The molecule has 1 nitrogen and oxygen atoms in total. The number of nitrogens with zero attached hydrogens (tertiary/aromatic N) is 1. The lowest BCUT2D eigenvalue weighted by Crippen LogP contribution is -2.36. The van der Waals surface area contributed by atoms with Crippen molar-refractivity contribution in [2.24, 2.45) is 0 Å². The highest BCUT2D eigenvalue weighted by molar-refractivity contribution is 5.56. The molecule has 0 aliphatic rings. The first-order chi connectivity index (χ1) is 5.82. The first-order valence-corrected chi connectivity index (χ1v) is 4.72. The van der Waals surface area contributed by atoms with Gasteiger partial charge in [-0.25, -0.2) is 0 Å². The molecule has 1 heteroatoms. The number of benzene rings is 1. The smallest absolute Gasteiger partial charge is 0.138 e. The molecule has 0 spiro atoms. The summed E-state index contributed by atoms with van der Waals surface area (Å²) in [7, 11) is 6.64. The van der Waals surface area contributed by atoms with Crippen LogP contribution in [0.1, 0.15) is 16.7 Å². The highest BCUT2D eigenvalue weighted by Gasteiger charge is 2.18. The largest absolute Gasteiger partial charge is 0.298 e. The van der Waals surface area contributed by atoms with Crippen LogP contribution >= 0.6 is 0 Å². The lowest BCUT2D eigenvalue weighted by Gasteiger charge is -2.27. The van der Waals surface area contributed by atoms with Crippen LogP contribution in [-0.2, 0) is 0 Å². The van der Waals surface area contributed by atoms with E-state index in [0.717, 1.165) is 4.48 Å². The molecular formula is C12H20N+. The second-order valence-electron chi connectivity index (χ2n) is 4.76. The highest BCUT2D eigenvalue weighted by atomic mass is 15.3. The third-order valence-electron chi connectivity index (χ3n) is 2.31. The Morgan fingerprint density at radius 2 is 1.23 bits per heavy atom. The Morgan fingerprint density at radius 3 is 1.54 bits per heavy atom. The predicted octanol–water partition coefficient (Wildman–Crippen LogP) is 2.81. The summed E-state index contributed by atoms with van der Waals surface area (Å²) in [5.41, 5.74) is 5.58. The van der Waals surface area contributed by atoms with Crippen molar-refractivity contribution in [2.45, 2.75) is 20.8 Å². The molecule has 0 heterocycles. The van der Waals surface area contributed by atoms with Crippen molar-refractivity contribution >= 4 is 5.69 Å². The molecule has 0 saturated carbocycles. The Balaban J connectivity index is 3.38. The van der Waals surface area contributed by atoms with Gasteiger partial charge in [0.2, 0.25) is 0 Å². The van der Waals surface area contributed by atoms with Crippen molar-refractivity contribution in [2.75, 3.05) is 21.1 Å². The molecule has 1 aromatic rings. The summed E-state index contributed by atoms with van der Waals surface area (Å²) in [5, 5.41) is 0. The summed E-state index contributed by atoms with van der Waals surface area (Å²) >= 11 is 0. The fraction of sp³-hybridized carbons (Fsp3) is 0.500. The van der Waals surface area contributed by atoms with E-state index >= 15 is 0 Å². The van der Waals surface area contributed by atoms with Gasteiger partial charge in [0, 0.05) is 11.1 Å². The minimum atomic E-state index is 0.901. The van der Waals surface area contributed by atoms with Crippen LogP contribution in [-0.4, -0.2) is 21.1 Å². The fourth-order valence-electron chi connectivity index (χ4n) is 2.23. The Morgan fingerprint density at radius 1 is 0.846 bits per heavy atom. The average Bonchev–Trinajstić information content (AvgIpc) is 1.78. The zero-order valence-corrected chi connectivity index (χ0v) is 9.60. The molecule has 0 unspecified atom stereocenters. The van der Waals surface area contributed by atoms with Gasteiger partial charge in [0.15, 0.2) is 0 Å². The number of aryl methyl sites for hydroxylation is 3. The molecule has 1 aromatic carbocycles. The van der Waals surface area contributed by atoms with Crippen LogP contribution in [0.15, 0.2) is 12.1 Å². The number of hydrogen-bond donors (Lipinski definition) is 0. The number of quaternary nitrogens is 1. The standard InChI is InChI=1S/C12H20N/c1-9-7-10(2)12(11(3)8-9)13(4,5)6/h7-8H,1-6H3/q+1. The van der Waals surface area contributed by atoms with Crippen molar-refractivity contribution in [3.8, 4) is 0 Å². The van der Waals surface area contributed by atoms with Crippen LogP contribution in [0.5, 0.6) is 0 Å². The highest BCUT2D eigenvalue weighted by Crippen LogP contribution is 2.27. The molecule has 0 N–H and O–H groups in total. The zero-order chi connectivity index (χ0) is 10.2. The van der Waals surface area contributed by atoms with Crippen molar-refractivity contribution in [3.05, 3.63) is 28.8 Å². The van der Waals surface area contributed by atoms with Gasteiger partial charge in [-0.05, 0) is 20.8 Å². The van der Waals surface area contributed by atoms with Crippen LogP contribution in [0.25, 0.3) is 0 Å². The van der Waals surface area contributed by atoms with Crippen LogP contribution in [0.2, 0.25) is 0 Å². The molecule has 0 aliphatic heterocycles. The molecule has 0 radical (unpaired) electrons. The topological polar surface area (TPSA) is 0 Å². The minimum Gasteiger partial charge on any atom is -0.298 e. The molecule has 72 valence electrons. The van der Waals surface area contributed by atoms with E-state index in [9.17, 15) is 0 Å². The summed E-state index contributed by atoms with van der Waals surface area (Å²) in [4.78, 5) is 0. The minimum absolute atomic E-state index is 0.901. The molecule has 0 saturated heterocycles. The quantitative estimate of drug-likeness (QED) is 0.580. The third kappa shape index (κ3) is 2.10. The summed E-state index contributed by atoms with van der Waals surface area (Å²) in [6.45, 7) is 6.54. The summed E-state index contributed by atoms with van der Waals surface area (Å²) in [5.74, 6) is 0. The molecule has 1 rings (SSSR count). The molecule has 13 heavy (non-hydrogen) atoms. The lowest BCUT2D eigenvalue weighted by atomic mass is 10.0. The van der Waals surface area contributed by atoms with Gasteiger partial charge in [0.1, 0.15) is 5.69 Å². The van der Waals surface area contributed by atoms with Gasteiger partial charge in [0.05, 0.1) is 21.1 Å². The van der Waals surface area contributed by atoms with E-state index in [4.69, 9.17) is 0 Å². The summed E-state index contributed by atoms with van der Waals surface area (Å²) in [6.07, 6.45) is 0. The van der Waals surface area contributed by atoms with Gasteiger partial charge >= 0.3 is 0 Å². The normalized spacial score (nSPS) is 11.8. The number of rotatable bonds is 1. The van der Waals surface area contributed by atoms with E-state index in [1.165, 1.54) is 22.4 Å². The van der Waals surface area contributed by atoms with Crippen molar-refractivity contribution in [1.82, 2.24) is 4.48 Å². The van der Waals surface area contributed by atoms with Crippen molar-refractivity contribution in [3.63, 3.8) is 0 Å². The van der Waals surface area contributed by atoms with Crippen LogP contribution in [0.3, 0.4) is 0 Å². The SMILES string of the molecule is Cc1cc(C)c([N+](C)(C)C)c(C)c1. The molecular weight excluding hydrogens is 158 g/mol. The zero-order valence-electron chi connectivity index (χ0n) is 9.60. The second-order valence-corrected chi connectivity index (χ2v) is 4.76. The monoisotopic (exact) mass is 178 g/mol. The van der Waals surface area contributed by atoms with Gasteiger partial charge in [-0.15, -0.1) is 0 Å². The van der Waals surface area contributed by atoms with E-state index in [1.54, 1.807) is 0 Å². The molecule has 0 atom stereocenters. The summed E-state index contributed by atoms with van der Waals surface area (Å²) < 4.78 is 0.901. The first kappa shape index (κ1) is 10.3. The maximum absolute atomic E-state index is 2.26. The fourth-order valence-corrected chi connectivity index (χ4v) is 2.23. The molecule has 0 aliphatic carbocycles. The average molecular weight is 178 g/mol. The lowest BCUT2D eigenvalue weighted by molar-refractivity contribution is 0.481. The van der Waals surface area contributed by atoms with Gasteiger partial charge in [-0.3, -0.25) is 4.48 Å². The molecule has 0 amide bonds. The Bertz CT molecular complexity index is 295. The maximum atomic E-state index is 2.26. The molecule has 0 fully saturated rings. The van der Waals surface area contributed by atoms with Crippen molar-refractivity contribution < 1.29 is 0 Å². The maximum Gasteiger partial charge on any atom is 0.138 e. The third-order valence-corrected chi connectivity index (χ3v) is 2.31. The van der Waals surface area contributed by atoms with Gasteiger partial charge in [0.25, 0.3) is 0 Å². The summed E-state index contributed by atoms with van der Waals surface area (Å²) in [6, 6.07) is 4.51. The predicted molar refractivity (Wildman–Crippen MR) is 60.2 cm³/mol. The van der Waals surface area contributed by atoms with E-state index in [1.807, 2.05) is 0 Å². The van der Waals surface area contributed by atoms with Crippen LogP contribution in [0, 0.1) is 20.8 Å². The molecule has 0 bridgehead atoms. The van der Waals surface area contributed by atoms with Gasteiger partial charge < -0.3 is 0 Å².